The fraction of sp³-hybridized carbons (Fsp3) is 0.368. The fourth-order valence-electron chi connectivity index (χ4n) is 3.72. The van der Waals surface area contributed by atoms with Crippen molar-refractivity contribution in [3.05, 3.63) is 58.0 Å². The van der Waals surface area contributed by atoms with Crippen molar-refractivity contribution < 1.29 is 14.0 Å². The van der Waals surface area contributed by atoms with E-state index in [0.717, 1.165) is 17.7 Å². The van der Waals surface area contributed by atoms with E-state index in [9.17, 15) is 14.0 Å². The lowest BCUT2D eigenvalue weighted by Gasteiger charge is -2.17. The minimum atomic E-state index is -0.348. The quantitative estimate of drug-likeness (QED) is 0.913. The number of carbonyl (C=O) groups is 2. The number of hydrogen-bond donors (Lipinski definition) is 1. The third-order valence-corrected chi connectivity index (χ3v) is 6.16. The Morgan fingerprint density at radius 2 is 2.08 bits per heavy atom. The number of benzene rings is 1. The van der Waals surface area contributed by atoms with Gasteiger partial charge in [0.2, 0.25) is 5.91 Å². The van der Waals surface area contributed by atoms with Crippen molar-refractivity contribution in [3.8, 4) is 0 Å². The standard InChI is InChI=1S/C19H19FN2O2S/c20-14-5-3-13(4-6-14)18(24)22-8-7-19(12-22)10-16(19)17(23)21-11-15-2-1-9-25-15/h1-6,9,16H,7-8,10-12H2,(H,21,23). The maximum atomic E-state index is 13.0. The number of nitrogens with one attached hydrogen (secondary N) is 1. The maximum absolute atomic E-state index is 13.0. The molecule has 0 bridgehead atoms. The Hall–Kier alpha value is -2.21. The van der Waals surface area contributed by atoms with Gasteiger partial charge >= 0.3 is 0 Å². The molecule has 2 fully saturated rings. The van der Waals surface area contributed by atoms with Crippen LogP contribution in [0.4, 0.5) is 4.39 Å². The second-order valence-corrected chi connectivity index (χ2v) is 7.93. The van der Waals surface area contributed by atoms with E-state index < -0.39 is 0 Å². The van der Waals surface area contributed by atoms with E-state index >= 15 is 0 Å². The lowest BCUT2D eigenvalue weighted by atomic mass is 10.0. The lowest BCUT2D eigenvalue weighted by Crippen LogP contribution is -2.31. The van der Waals surface area contributed by atoms with Gasteiger partial charge in [-0.25, -0.2) is 4.39 Å². The first-order chi connectivity index (χ1) is 12.1. The summed E-state index contributed by atoms with van der Waals surface area (Å²) in [7, 11) is 0. The number of likely N-dealkylation sites (tertiary alicyclic amines) is 1. The van der Waals surface area contributed by atoms with Crippen molar-refractivity contribution >= 4 is 23.2 Å². The monoisotopic (exact) mass is 358 g/mol. The Bertz CT molecular complexity index is 790. The van der Waals surface area contributed by atoms with Crippen LogP contribution in [0.1, 0.15) is 28.1 Å². The molecule has 1 N–H and O–H groups in total. The van der Waals surface area contributed by atoms with Gasteiger partial charge in [0.25, 0.3) is 5.91 Å². The van der Waals surface area contributed by atoms with Gasteiger partial charge in [-0.3, -0.25) is 9.59 Å². The number of rotatable bonds is 4. The van der Waals surface area contributed by atoms with Gasteiger partial charge in [-0.15, -0.1) is 11.3 Å². The van der Waals surface area contributed by atoms with E-state index in [4.69, 9.17) is 0 Å². The van der Waals surface area contributed by atoms with Gasteiger partial charge in [0, 0.05) is 34.9 Å². The smallest absolute Gasteiger partial charge is 0.253 e. The van der Waals surface area contributed by atoms with Gasteiger partial charge < -0.3 is 10.2 Å². The molecule has 2 aliphatic rings. The van der Waals surface area contributed by atoms with Crippen molar-refractivity contribution in [3.63, 3.8) is 0 Å². The molecular formula is C19H19FN2O2S. The molecule has 25 heavy (non-hydrogen) atoms. The maximum Gasteiger partial charge on any atom is 0.253 e. The number of hydrogen-bond acceptors (Lipinski definition) is 3. The molecule has 4 nitrogen and oxygen atoms in total. The third-order valence-electron chi connectivity index (χ3n) is 5.29. The van der Waals surface area contributed by atoms with E-state index in [-0.39, 0.29) is 29.0 Å². The van der Waals surface area contributed by atoms with Crippen LogP contribution in [0, 0.1) is 17.2 Å². The van der Waals surface area contributed by atoms with Crippen LogP contribution in [0.25, 0.3) is 0 Å². The highest BCUT2D eigenvalue weighted by Gasteiger charge is 2.61. The second kappa shape index (κ2) is 6.26. The molecule has 1 saturated heterocycles. The van der Waals surface area contributed by atoms with E-state index in [1.807, 2.05) is 17.5 Å². The zero-order chi connectivity index (χ0) is 17.4. The number of carbonyl (C=O) groups excluding carboxylic acids is 2. The van der Waals surface area contributed by atoms with Gasteiger partial charge in [0.15, 0.2) is 0 Å². The summed E-state index contributed by atoms with van der Waals surface area (Å²) in [6, 6.07) is 9.61. The zero-order valence-electron chi connectivity index (χ0n) is 13.7. The molecule has 1 saturated carbocycles. The van der Waals surface area contributed by atoms with Crippen LogP contribution in [0.2, 0.25) is 0 Å². The van der Waals surface area contributed by atoms with Crippen molar-refractivity contribution in [1.29, 1.82) is 0 Å². The first-order valence-electron chi connectivity index (χ1n) is 8.42. The van der Waals surface area contributed by atoms with Crippen LogP contribution in [0.15, 0.2) is 41.8 Å². The SMILES string of the molecule is O=C(NCc1cccs1)C1CC12CCN(C(=O)c1ccc(F)cc1)C2. The summed E-state index contributed by atoms with van der Waals surface area (Å²) >= 11 is 1.63. The normalized spacial score (nSPS) is 24.5. The van der Waals surface area contributed by atoms with Gasteiger partial charge in [-0.1, -0.05) is 6.07 Å². The van der Waals surface area contributed by atoms with Gasteiger partial charge in [-0.2, -0.15) is 0 Å². The molecule has 4 rings (SSSR count). The third kappa shape index (κ3) is 3.18. The molecule has 1 aliphatic heterocycles. The first kappa shape index (κ1) is 16.3. The van der Waals surface area contributed by atoms with E-state index in [1.54, 1.807) is 16.2 Å². The van der Waals surface area contributed by atoms with Crippen molar-refractivity contribution in [2.75, 3.05) is 13.1 Å². The summed E-state index contributed by atoms with van der Waals surface area (Å²) in [5.41, 5.74) is 0.438. The molecule has 1 spiro atoms. The van der Waals surface area contributed by atoms with Crippen LogP contribution in [-0.4, -0.2) is 29.8 Å². The molecule has 2 aromatic rings. The Morgan fingerprint density at radius 1 is 1.28 bits per heavy atom. The summed E-state index contributed by atoms with van der Waals surface area (Å²) in [5, 5.41) is 5.00. The van der Waals surface area contributed by atoms with E-state index in [1.165, 1.54) is 24.3 Å². The highest BCUT2D eigenvalue weighted by Crippen LogP contribution is 2.58. The molecule has 2 unspecified atom stereocenters. The van der Waals surface area contributed by atoms with Gasteiger partial charge in [0.05, 0.1) is 6.54 Å². The Balaban J connectivity index is 1.34. The topological polar surface area (TPSA) is 49.4 Å². The molecule has 0 radical (unpaired) electrons. The molecule has 1 aliphatic carbocycles. The van der Waals surface area contributed by atoms with Crippen molar-refractivity contribution in [2.45, 2.75) is 19.4 Å². The van der Waals surface area contributed by atoms with Gasteiger partial charge in [0.1, 0.15) is 5.82 Å². The molecule has 2 amide bonds. The summed E-state index contributed by atoms with van der Waals surface area (Å²) in [4.78, 5) is 27.9. The van der Waals surface area contributed by atoms with E-state index in [2.05, 4.69) is 5.32 Å². The summed E-state index contributed by atoms with van der Waals surface area (Å²) < 4.78 is 13.0. The van der Waals surface area contributed by atoms with Crippen LogP contribution >= 0.6 is 11.3 Å². The molecular weight excluding hydrogens is 339 g/mol. The van der Waals surface area contributed by atoms with Crippen LogP contribution in [0.5, 0.6) is 0 Å². The first-order valence-corrected chi connectivity index (χ1v) is 9.30. The summed E-state index contributed by atoms with van der Waals surface area (Å²) in [6.07, 6.45) is 1.70. The molecule has 130 valence electrons. The fourth-order valence-corrected chi connectivity index (χ4v) is 4.37. The summed E-state index contributed by atoms with van der Waals surface area (Å²) in [6.45, 7) is 1.84. The van der Waals surface area contributed by atoms with Gasteiger partial charge in [-0.05, 0) is 48.6 Å². The molecule has 2 atom stereocenters. The predicted octanol–water partition coefficient (Wildman–Crippen LogP) is 3.06. The Morgan fingerprint density at radius 3 is 2.80 bits per heavy atom. The average Bonchev–Trinajstić information content (AvgIpc) is 2.96. The molecule has 6 heteroatoms. The highest BCUT2D eigenvalue weighted by atomic mass is 32.1. The van der Waals surface area contributed by atoms with Crippen LogP contribution < -0.4 is 5.32 Å². The number of halogens is 1. The molecule has 2 heterocycles. The van der Waals surface area contributed by atoms with Crippen molar-refractivity contribution in [2.24, 2.45) is 11.3 Å². The van der Waals surface area contributed by atoms with Crippen LogP contribution in [-0.2, 0) is 11.3 Å². The minimum absolute atomic E-state index is 0.00141. The van der Waals surface area contributed by atoms with Crippen molar-refractivity contribution in [1.82, 2.24) is 10.2 Å². The number of thiophene rings is 1. The Kier molecular flexibility index (Phi) is 4.07. The average molecular weight is 358 g/mol. The van der Waals surface area contributed by atoms with E-state index in [0.29, 0.717) is 25.2 Å². The zero-order valence-corrected chi connectivity index (χ0v) is 14.5. The second-order valence-electron chi connectivity index (χ2n) is 6.90. The molecule has 1 aromatic heterocycles. The summed E-state index contributed by atoms with van der Waals surface area (Å²) in [5.74, 6) is -0.344. The molecule has 1 aromatic carbocycles. The highest BCUT2D eigenvalue weighted by molar-refractivity contribution is 7.09. The lowest BCUT2D eigenvalue weighted by molar-refractivity contribution is -0.123. The Labute approximate surface area is 149 Å². The number of nitrogens with zero attached hydrogens (tertiary/aromatic N) is 1. The number of amides is 2. The predicted molar refractivity (Wildman–Crippen MR) is 93.6 cm³/mol. The largest absolute Gasteiger partial charge is 0.351 e. The minimum Gasteiger partial charge on any atom is -0.351 e. The van der Waals surface area contributed by atoms with Crippen LogP contribution in [0.3, 0.4) is 0 Å².